The number of hydrazine groups is 1. The van der Waals surface area contributed by atoms with E-state index in [9.17, 15) is 4.79 Å². The molecule has 2 heterocycles. The zero-order valence-corrected chi connectivity index (χ0v) is 22.2. The average Bonchev–Trinajstić information content (AvgIpc) is 3.34. The molecule has 0 radical (unpaired) electrons. The number of carbonyl (C=O) groups excluding carboxylic acids is 1. The summed E-state index contributed by atoms with van der Waals surface area (Å²) in [5.74, 6) is 5.98. The van der Waals surface area contributed by atoms with Gasteiger partial charge in [-0.25, -0.2) is 15.6 Å². The van der Waals surface area contributed by atoms with Crippen molar-refractivity contribution in [1.82, 2.24) is 10.3 Å². The number of ether oxygens (including phenoxy) is 1. The van der Waals surface area contributed by atoms with Crippen LogP contribution in [0.2, 0.25) is 0 Å². The summed E-state index contributed by atoms with van der Waals surface area (Å²) >= 11 is 0. The molecule has 2 aliphatic rings. The molecule has 3 aromatic rings. The van der Waals surface area contributed by atoms with Gasteiger partial charge in [0.05, 0.1) is 11.2 Å². The topological polar surface area (TPSA) is 108 Å². The van der Waals surface area contributed by atoms with Gasteiger partial charge in [-0.05, 0) is 73.1 Å². The number of rotatable bonds is 7. The van der Waals surface area contributed by atoms with Crippen LogP contribution in [0.4, 0.5) is 10.6 Å². The highest BCUT2D eigenvalue weighted by Crippen LogP contribution is 2.44. The largest absolute Gasteiger partial charge is 0.492 e. The summed E-state index contributed by atoms with van der Waals surface area (Å²) < 4.78 is 18.2. The highest BCUT2D eigenvalue weighted by atomic mass is 16.7. The van der Waals surface area contributed by atoms with Gasteiger partial charge in [0.1, 0.15) is 12.4 Å². The average molecular weight is 512 g/mol. The van der Waals surface area contributed by atoms with Gasteiger partial charge in [-0.15, -0.1) is 0 Å². The lowest BCUT2D eigenvalue weighted by molar-refractivity contribution is 0.00578. The predicted octanol–water partition coefficient (Wildman–Crippen LogP) is 4.92. The second kappa shape index (κ2) is 10.2. The molecule has 1 amide bonds. The molecule has 0 saturated carbocycles. The maximum atomic E-state index is 12.9. The van der Waals surface area contributed by atoms with Crippen molar-refractivity contribution >= 4 is 25.1 Å². The van der Waals surface area contributed by atoms with Crippen molar-refractivity contribution in [3.8, 4) is 11.1 Å². The van der Waals surface area contributed by atoms with Crippen LogP contribution in [-0.2, 0) is 14.0 Å². The van der Waals surface area contributed by atoms with Crippen molar-refractivity contribution < 1.29 is 18.8 Å². The van der Waals surface area contributed by atoms with Gasteiger partial charge >= 0.3 is 13.2 Å². The van der Waals surface area contributed by atoms with Gasteiger partial charge in [-0.1, -0.05) is 54.6 Å². The molecule has 0 bridgehead atoms. The first-order valence-electron chi connectivity index (χ1n) is 12.8. The molecule has 1 fully saturated rings. The molecule has 1 saturated heterocycles. The van der Waals surface area contributed by atoms with Crippen molar-refractivity contribution in [3.05, 3.63) is 89.0 Å². The number of aromatic nitrogens is 1. The van der Waals surface area contributed by atoms with Gasteiger partial charge in [0.2, 0.25) is 0 Å². The number of pyridine rings is 1. The number of amides is 1. The van der Waals surface area contributed by atoms with Crippen LogP contribution >= 0.6 is 0 Å². The molecule has 196 valence electrons. The van der Waals surface area contributed by atoms with E-state index in [1.807, 2.05) is 64.1 Å². The molecule has 2 aromatic carbocycles. The number of benzene rings is 2. The van der Waals surface area contributed by atoms with Crippen molar-refractivity contribution in [2.75, 3.05) is 18.6 Å². The van der Waals surface area contributed by atoms with Gasteiger partial charge in [0.15, 0.2) is 0 Å². The number of nitrogens with two attached hydrogens (primary N) is 1. The molecule has 1 aliphatic carbocycles. The monoisotopic (exact) mass is 512 g/mol. The summed E-state index contributed by atoms with van der Waals surface area (Å²) in [6.07, 6.45) is 3.09. The summed E-state index contributed by atoms with van der Waals surface area (Å²) in [7, 11) is -0.638. The first kappa shape index (κ1) is 26.0. The second-order valence-electron chi connectivity index (χ2n) is 10.6. The Kier molecular flexibility index (Phi) is 7.00. The zero-order chi connectivity index (χ0) is 26.9. The first-order valence-corrected chi connectivity index (χ1v) is 12.8. The van der Waals surface area contributed by atoms with E-state index in [0.29, 0.717) is 5.82 Å². The lowest BCUT2D eigenvalue weighted by atomic mass is 9.77. The van der Waals surface area contributed by atoms with E-state index in [1.54, 1.807) is 12.3 Å². The number of nitrogens with one attached hydrogen (secondary N) is 2. The van der Waals surface area contributed by atoms with Crippen LogP contribution in [0.1, 0.15) is 50.3 Å². The summed E-state index contributed by atoms with van der Waals surface area (Å²) in [5, 5.41) is 2.89. The third kappa shape index (κ3) is 5.05. The molecular formula is C29H33BN4O4. The number of hydrogen-bond acceptors (Lipinski definition) is 7. The lowest BCUT2D eigenvalue weighted by Gasteiger charge is -2.32. The number of anilines is 1. The Morgan fingerprint density at radius 1 is 1.00 bits per heavy atom. The Morgan fingerprint density at radius 3 is 2.16 bits per heavy atom. The third-order valence-corrected chi connectivity index (χ3v) is 7.62. The van der Waals surface area contributed by atoms with Crippen LogP contribution in [0.3, 0.4) is 0 Å². The minimum Gasteiger partial charge on any atom is -0.449 e. The standard InChI is InChI=1S/C29H33BN4O4/c1-28(2)29(3,4)38-30(37-28)20(15-19-13-14-26(34-31)32-16-19)17-33-27(35)36-18-25-23-11-7-5-9-21(23)22-10-6-8-12-24(22)25/h5-16,25H,17-18,31H2,1-4H3,(H,32,34)(H,33,35). The lowest BCUT2D eigenvalue weighted by Crippen LogP contribution is -2.41. The van der Waals surface area contributed by atoms with E-state index >= 15 is 0 Å². The number of fused-ring (bicyclic) bond motifs is 3. The molecule has 8 nitrogen and oxygen atoms in total. The molecule has 5 rings (SSSR count). The van der Waals surface area contributed by atoms with Gasteiger partial charge in [0, 0.05) is 18.7 Å². The first-order chi connectivity index (χ1) is 18.2. The number of alkyl carbamates (subject to hydrolysis) is 1. The van der Waals surface area contributed by atoms with Crippen LogP contribution in [-0.4, -0.2) is 42.5 Å². The second-order valence-corrected chi connectivity index (χ2v) is 10.6. The molecular weight excluding hydrogens is 479 g/mol. The Labute approximate surface area is 223 Å². The highest BCUT2D eigenvalue weighted by molar-refractivity contribution is 6.56. The van der Waals surface area contributed by atoms with E-state index in [1.165, 1.54) is 22.3 Å². The van der Waals surface area contributed by atoms with Crippen molar-refractivity contribution in [3.63, 3.8) is 0 Å². The molecule has 4 N–H and O–H groups in total. The number of nitrogen functional groups attached to an aromatic ring is 1. The van der Waals surface area contributed by atoms with Gasteiger partial charge in [0.25, 0.3) is 0 Å². The van der Waals surface area contributed by atoms with Crippen LogP contribution < -0.4 is 16.6 Å². The number of hydrogen-bond donors (Lipinski definition) is 3. The summed E-state index contributed by atoms with van der Waals surface area (Å²) in [5.41, 5.74) is 7.75. The normalized spacial score (nSPS) is 17.6. The number of carbonyl (C=O) groups is 1. The Morgan fingerprint density at radius 2 is 1.61 bits per heavy atom. The maximum absolute atomic E-state index is 12.9. The number of nitrogens with zero attached hydrogens (tertiary/aromatic N) is 1. The maximum Gasteiger partial charge on any atom is 0.492 e. The molecule has 0 atom stereocenters. The Hall–Kier alpha value is -3.66. The zero-order valence-electron chi connectivity index (χ0n) is 22.2. The smallest absolute Gasteiger partial charge is 0.449 e. The quantitative estimate of drug-likeness (QED) is 0.234. The van der Waals surface area contributed by atoms with Crippen LogP contribution in [0.15, 0.2) is 72.3 Å². The van der Waals surface area contributed by atoms with Crippen LogP contribution in [0.25, 0.3) is 17.2 Å². The molecule has 0 unspecified atom stereocenters. The van der Waals surface area contributed by atoms with Crippen molar-refractivity contribution in [2.24, 2.45) is 5.84 Å². The minimum absolute atomic E-state index is 0.00740. The summed E-state index contributed by atoms with van der Waals surface area (Å²) in [6, 6.07) is 20.2. The highest BCUT2D eigenvalue weighted by Gasteiger charge is 2.52. The molecule has 1 aliphatic heterocycles. The van der Waals surface area contributed by atoms with Crippen LogP contribution in [0.5, 0.6) is 0 Å². The van der Waals surface area contributed by atoms with Crippen molar-refractivity contribution in [1.29, 1.82) is 0 Å². The molecule has 1 aromatic heterocycles. The van der Waals surface area contributed by atoms with Gasteiger partial charge in [-0.3, -0.25) is 0 Å². The summed E-state index contributed by atoms with van der Waals surface area (Å²) in [4.78, 5) is 17.1. The minimum atomic E-state index is -0.638. The van der Waals surface area contributed by atoms with E-state index < -0.39 is 24.4 Å². The van der Waals surface area contributed by atoms with E-state index in [2.05, 4.69) is 40.0 Å². The fourth-order valence-corrected chi connectivity index (χ4v) is 4.81. The molecule has 9 heteroatoms. The third-order valence-electron chi connectivity index (χ3n) is 7.62. The van der Waals surface area contributed by atoms with E-state index in [0.717, 1.165) is 11.0 Å². The summed E-state index contributed by atoms with van der Waals surface area (Å²) in [6.45, 7) is 8.40. The molecule has 0 spiro atoms. The van der Waals surface area contributed by atoms with E-state index in [-0.39, 0.29) is 19.1 Å². The van der Waals surface area contributed by atoms with Crippen molar-refractivity contribution in [2.45, 2.75) is 44.8 Å². The SMILES string of the molecule is CC1(C)OB(C(=Cc2ccc(NN)nc2)CNC(=O)OCC2c3ccccc3-c3ccccc32)OC1(C)C. The Bertz CT molecular complexity index is 1300. The van der Waals surface area contributed by atoms with Gasteiger partial charge in [-0.2, -0.15) is 0 Å². The predicted molar refractivity (Wildman–Crippen MR) is 149 cm³/mol. The van der Waals surface area contributed by atoms with Gasteiger partial charge < -0.3 is 24.8 Å². The fraction of sp³-hybridized carbons (Fsp3) is 0.310. The Balaban J connectivity index is 1.29. The van der Waals surface area contributed by atoms with E-state index in [4.69, 9.17) is 19.9 Å². The molecule has 38 heavy (non-hydrogen) atoms. The van der Waals surface area contributed by atoms with Crippen LogP contribution in [0, 0.1) is 0 Å². The fourth-order valence-electron chi connectivity index (χ4n) is 4.81.